The van der Waals surface area contributed by atoms with Crippen LogP contribution >= 0.6 is 15.9 Å². The minimum Gasteiger partial charge on any atom is -0.497 e. The quantitative estimate of drug-likeness (QED) is 0.586. The number of rotatable bonds is 6. The van der Waals surface area contributed by atoms with Crippen molar-refractivity contribution in [2.75, 3.05) is 7.11 Å². The number of carbonyl (C=O) groups is 1. The van der Waals surface area contributed by atoms with Gasteiger partial charge in [0, 0.05) is 16.8 Å². The molecule has 16 heavy (non-hydrogen) atoms. The van der Waals surface area contributed by atoms with Gasteiger partial charge in [-0.15, -0.1) is 0 Å². The van der Waals surface area contributed by atoms with Crippen molar-refractivity contribution in [2.24, 2.45) is 0 Å². The van der Waals surface area contributed by atoms with E-state index in [4.69, 9.17) is 4.74 Å². The summed E-state index contributed by atoms with van der Waals surface area (Å²) in [6.07, 6.45) is 2.67. The summed E-state index contributed by atoms with van der Waals surface area (Å²) in [6, 6.07) is 7.26. The topological polar surface area (TPSA) is 26.3 Å². The summed E-state index contributed by atoms with van der Waals surface area (Å²) in [5.74, 6) is 0.957. The van der Waals surface area contributed by atoms with E-state index in [1.807, 2.05) is 24.3 Å². The van der Waals surface area contributed by atoms with E-state index >= 15 is 0 Å². The van der Waals surface area contributed by atoms with Gasteiger partial charge in [0.15, 0.2) is 5.78 Å². The second-order valence-corrected chi connectivity index (χ2v) is 5.04. The number of halogens is 1. The maximum Gasteiger partial charge on any atom is 0.163 e. The fraction of sp³-hybridized carbons (Fsp3) is 0.462. The molecule has 0 saturated heterocycles. The number of Topliss-reactive ketones (excluding diaryl/α,β-unsaturated/α-hetero) is 1. The Morgan fingerprint density at radius 1 is 1.38 bits per heavy atom. The molecular formula is C13H17BrO2. The normalized spacial score (nSPS) is 12.2. The average molecular weight is 285 g/mol. The van der Waals surface area contributed by atoms with E-state index in [2.05, 4.69) is 22.9 Å². The Bertz CT molecular complexity index is 332. The lowest BCUT2D eigenvalue weighted by atomic mass is 10.0. The fourth-order valence-electron chi connectivity index (χ4n) is 1.51. The molecule has 2 nitrogen and oxygen atoms in total. The van der Waals surface area contributed by atoms with Gasteiger partial charge < -0.3 is 4.74 Å². The monoisotopic (exact) mass is 284 g/mol. The minimum absolute atomic E-state index is 0.179. The van der Waals surface area contributed by atoms with E-state index < -0.39 is 0 Å². The van der Waals surface area contributed by atoms with Crippen molar-refractivity contribution in [3.63, 3.8) is 0 Å². The lowest BCUT2D eigenvalue weighted by Crippen LogP contribution is -2.07. The Morgan fingerprint density at radius 3 is 2.50 bits per heavy atom. The van der Waals surface area contributed by atoms with Crippen LogP contribution < -0.4 is 4.74 Å². The number of carbonyl (C=O) groups excluding carboxylic acids is 1. The first kappa shape index (κ1) is 13.2. The summed E-state index contributed by atoms with van der Waals surface area (Å²) in [7, 11) is 1.62. The third-order valence-corrected chi connectivity index (χ3v) is 3.20. The molecule has 0 spiro atoms. The van der Waals surface area contributed by atoms with E-state index in [9.17, 15) is 4.79 Å². The van der Waals surface area contributed by atoms with E-state index in [0.29, 0.717) is 6.42 Å². The molecule has 0 saturated carbocycles. The maximum atomic E-state index is 11.9. The standard InChI is InChI=1S/C13H17BrO2/c1-3-4-11(14)9-13(15)10-5-7-12(16-2)8-6-10/h5-8,11H,3-4,9H2,1-2H3. The van der Waals surface area contributed by atoms with Gasteiger partial charge in [0.1, 0.15) is 5.75 Å². The Kier molecular flexibility index (Phi) is 5.53. The molecule has 0 aliphatic heterocycles. The van der Waals surface area contributed by atoms with E-state index in [0.717, 1.165) is 24.2 Å². The van der Waals surface area contributed by atoms with Gasteiger partial charge in [-0.3, -0.25) is 4.79 Å². The van der Waals surface area contributed by atoms with Crippen molar-refractivity contribution >= 4 is 21.7 Å². The highest BCUT2D eigenvalue weighted by Gasteiger charge is 2.11. The number of ether oxygens (including phenoxy) is 1. The van der Waals surface area contributed by atoms with Crippen LogP contribution in [0.5, 0.6) is 5.75 Å². The molecule has 1 rings (SSSR count). The summed E-state index contributed by atoms with van der Waals surface area (Å²) >= 11 is 3.52. The van der Waals surface area contributed by atoms with Crippen LogP contribution in [0.1, 0.15) is 36.5 Å². The molecule has 1 aromatic carbocycles. The van der Waals surface area contributed by atoms with Crippen LogP contribution in [-0.2, 0) is 0 Å². The predicted octanol–water partition coefficient (Wildman–Crippen LogP) is 3.83. The molecule has 0 aliphatic rings. The van der Waals surface area contributed by atoms with Gasteiger partial charge in [0.05, 0.1) is 7.11 Å². The molecule has 1 aromatic rings. The van der Waals surface area contributed by atoms with Crippen molar-refractivity contribution in [2.45, 2.75) is 31.0 Å². The van der Waals surface area contributed by atoms with E-state index in [1.54, 1.807) is 7.11 Å². The highest BCUT2D eigenvalue weighted by atomic mass is 79.9. The van der Waals surface area contributed by atoms with Gasteiger partial charge in [-0.05, 0) is 30.7 Å². The second kappa shape index (κ2) is 6.69. The van der Waals surface area contributed by atoms with Crippen LogP contribution in [0.25, 0.3) is 0 Å². The molecule has 0 aromatic heterocycles. The molecule has 0 N–H and O–H groups in total. The third kappa shape index (κ3) is 3.97. The van der Waals surface area contributed by atoms with Crippen molar-refractivity contribution < 1.29 is 9.53 Å². The number of ketones is 1. The van der Waals surface area contributed by atoms with Crippen LogP contribution in [0, 0.1) is 0 Å². The highest BCUT2D eigenvalue weighted by molar-refractivity contribution is 9.09. The lowest BCUT2D eigenvalue weighted by molar-refractivity contribution is 0.0982. The smallest absolute Gasteiger partial charge is 0.163 e. The molecule has 0 amide bonds. The van der Waals surface area contributed by atoms with Crippen molar-refractivity contribution in [1.82, 2.24) is 0 Å². The highest BCUT2D eigenvalue weighted by Crippen LogP contribution is 2.17. The third-order valence-electron chi connectivity index (χ3n) is 2.42. The molecule has 88 valence electrons. The van der Waals surface area contributed by atoms with Gasteiger partial charge in [0.2, 0.25) is 0 Å². The van der Waals surface area contributed by atoms with Crippen LogP contribution in [0.4, 0.5) is 0 Å². The van der Waals surface area contributed by atoms with Gasteiger partial charge in [-0.25, -0.2) is 0 Å². The largest absolute Gasteiger partial charge is 0.497 e. The number of alkyl halides is 1. The van der Waals surface area contributed by atoms with Gasteiger partial charge in [0.25, 0.3) is 0 Å². The average Bonchev–Trinajstić information content (AvgIpc) is 2.29. The second-order valence-electron chi connectivity index (χ2n) is 3.74. The SMILES string of the molecule is CCCC(Br)CC(=O)c1ccc(OC)cc1. The molecule has 0 heterocycles. The van der Waals surface area contributed by atoms with Gasteiger partial charge in [-0.2, -0.15) is 0 Å². The van der Waals surface area contributed by atoms with Crippen molar-refractivity contribution in [3.8, 4) is 5.75 Å². The van der Waals surface area contributed by atoms with Crippen LogP contribution in [-0.4, -0.2) is 17.7 Å². The molecule has 3 heteroatoms. The number of methoxy groups -OCH3 is 1. The molecule has 1 atom stereocenters. The summed E-state index contributed by atoms with van der Waals surface area (Å²) in [5, 5.41) is 0. The summed E-state index contributed by atoms with van der Waals surface area (Å²) in [6.45, 7) is 2.12. The zero-order valence-corrected chi connectivity index (χ0v) is 11.3. The first-order chi connectivity index (χ1) is 7.67. The molecule has 1 unspecified atom stereocenters. The minimum atomic E-state index is 0.179. The summed E-state index contributed by atoms with van der Waals surface area (Å²) in [4.78, 5) is 12.1. The number of hydrogen-bond acceptors (Lipinski definition) is 2. The van der Waals surface area contributed by atoms with Gasteiger partial charge in [-0.1, -0.05) is 29.3 Å². The zero-order chi connectivity index (χ0) is 12.0. The van der Waals surface area contributed by atoms with Gasteiger partial charge >= 0.3 is 0 Å². The van der Waals surface area contributed by atoms with Crippen molar-refractivity contribution in [1.29, 1.82) is 0 Å². The molecule has 0 aliphatic carbocycles. The Labute approximate surface area is 105 Å². The van der Waals surface area contributed by atoms with Crippen LogP contribution in [0.2, 0.25) is 0 Å². The predicted molar refractivity (Wildman–Crippen MR) is 69.6 cm³/mol. The lowest BCUT2D eigenvalue weighted by Gasteiger charge is -2.07. The Hall–Kier alpha value is -0.830. The first-order valence-electron chi connectivity index (χ1n) is 5.48. The first-order valence-corrected chi connectivity index (χ1v) is 6.40. The Morgan fingerprint density at radius 2 is 2.00 bits per heavy atom. The van der Waals surface area contributed by atoms with Crippen LogP contribution in [0.3, 0.4) is 0 Å². The molecular weight excluding hydrogens is 268 g/mol. The summed E-state index contributed by atoms with van der Waals surface area (Å²) in [5.41, 5.74) is 0.751. The maximum absolute atomic E-state index is 11.9. The van der Waals surface area contributed by atoms with Crippen molar-refractivity contribution in [3.05, 3.63) is 29.8 Å². The fourth-order valence-corrected chi connectivity index (χ4v) is 2.26. The zero-order valence-electron chi connectivity index (χ0n) is 9.70. The van der Waals surface area contributed by atoms with Crippen LogP contribution in [0.15, 0.2) is 24.3 Å². The number of benzene rings is 1. The molecule has 0 radical (unpaired) electrons. The Balaban J connectivity index is 2.59. The number of hydrogen-bond donors (Lipinski definition) is 0. The van der Waals surface area contributed by atoms with E-state index in [-0.39, 0.29) is 10.6 Å². The molecule has 0 bridgehead atoms. The summed E-state index contributed by atoms with van der Waals surface area (Å²) < 4.78 is 5.05. The molecule has 0 fully saturated rings. The van der Waals surface area contributed by atoms with E-state index in [1.165, 1.54) is 0 Å².